The molecule has 0 aromatic heterocycles. The van der Waals surface area contributed by atoms with E-state index in [2.05, 4.69) is 192 Å². The normalized spacial score (nSPS) is 12.2. The SMILES string of the molecule is CC(C)(C)c1[c-]c2c(cc1C(C)(C)C)-c1cc(C(C)(C)C)c(C(C)(C)C)cc1C2.[Cl-].[Cl-].[Zr+2]=[C](c1ccc2ccccc2c1)c1ccc2ccccc2c1.c1cc[cH-]c1. The van der Waals surface area contributed by atoms with Crippen molar-refractivity contribution in [2.75, 3.05) is 0 Å². The molecule has 0 heterocycles. The topological polar surface area (TPSA) is 0 Å². The molecule has 1 aliphatic carbocycles. The average Bonchev–Trinajstić information content (AvgIpc) is 3.84. The summed E-state index contributed by atoms with van der Waals surface area (Å²) in [6.45, 7) is 28.0. The van der Waals surface area contributed by atoms with Gasteiger partial charge in [0.05, 0.1) is 0 Å². The van der Waals surface area contributed by atoms with Crippen molar-refractivity contribution in [3.8, 4) is 11.1 Å². The van der Waals surface area contributed by atoms with Crippen molar-refractivity contribution in [1.82, 2.24) is 0 Å². The number of halogens is 2. The molecule has 0 saturated heterocycles. The van der Waals surface area contributed by atoms with Gasteiger partial charge in [0.25, 0.3) is 0 Å². The van der Waals surface area contributed by atoms with Gasteiger partial charge >= 0.3 is 145 Å². The van der Waals surface area contributed by atoms with Crippen LogP contribution in [0.1, 0.15) is 128 Å². The first-order valence-corrected chi connectivity index (χ1v) is 21.5. The molecule has 7 aromatic carbocycles. The van der Waals surface area contributed by atoms with E-state index in [1.165, 1.54) is 105 Å². The number of rotatable bonds is 2. The largest absolute Gasteiger partial charge is 0.214 e. The summed E-state index contributed by atoms with van der Waals surface area (Å²) in [5, 5.41) is 5.21. The maximum absolute atomic E-state index is 3.90. The van der Waals surface area contributed by atoms with Gasteiger partial charge in [0.1, 0.15) is 0 Å². The Morgan fingerprint density at radius 1 is 0.483 bits per heavy atom. The van der Waals surface area contributed by atoms with Gasteiger partial charge in [-0.2, -0.15) is 35.9 Å². The summed E-state index contributed by atoms with van der Waals surface area (Å²) >= 11 is 1.44. The quantitative estimate of drug-likeness (QED) is 0.153. The molecule has 0 amide bonds. The molecule has 8 rings (SSSR count). The second-order valence-electron chi connectivity index (χ2n) is 19.6. The summed E-state index contributed by atoms with van der Waals surface area (Å²) < 4.78 is 1.41. The number of fused-ring (bicyclic) bond motifs is 5. The van der Waals surface area contributed by atoms with Gasteiger partial charge in [-0.1, -0.05) is 106 Å². The molecule has 0 nitrogen and oxygen atoms in total. The van der Waals surface area contributed by atoms with Gasteiger partial charge in [0.15, 0.2) is 0 Å². The molecule has 7 aromatic rings. The molecule has 0 fully saturated rings. The second-order valence-corrected chi connectivity index (χ2v) is 20.9. The molecule has 0 saturated carbocycles. The Balaban J connectivity index is 0.000000227. The van der Waals surface area contributed by atoms with Crippen molar-refractivity contribution < 1.29 is 49.0 Å². The third-order valence-corrected chi connectivity index (χ3v) is 12.3. The molecular formula is C55H60Cl2Zr-2. The first-order chi connectivity index (χ1) is 26.2. The van der Waals surface area contributed by atoms with Crippen LogP contribution in [-0.2, 0) is 52.3 Å². The Morgan fingerprint density at radius 3 is 1.33 bits per heavy atom. The maximum atomic E-state index is 3.90. The van der Waals surface area contributed by atoms with Gasteiger partial charge in [-0.05, 0) is 39.4 Å². The van der Waals surface area contributed by atoms with E-state index in [0.717, 1.165) is 6.42 Å². The number of benzene rings is 6. The van der Waals surface area contributed by atoms with Crippen molar-refractivity contribution in [2.45, 2.75) is 111 Å². The Kier molecular flexibility index (Phi) is 15.0. The molecule has 0 spiro atoms. The van der Waals surface area contributed by atoms with E-state index in [0.29, 0.717) is 0 Å². The van der Waals surface area contributed by atoms with E-state index in [4.69, 9.17) is 0 Å². The van der Waals surface area contributed by atoms with E-state index in [1.807, 2.05) is 30.3 Å². The minimum absolute atomic E-state index is 0. The summed E-state index contributed by atoms with van der Waals surface area (Å²) in [6, 6.07) is 52.0. The summed E-state index contributed by atoms with van der Waals surface area (Å²) in [4.78, 5) is 0. The van der Waals surface area contributed by atoms with Gasteiger partial charge in [-0.25, -0.2) is 12.1 Å². The zero-order valence-corrected chi connectivity index (χ0v) is 40.6. The summed E-state index contributed by atoms with van der Waals surface area (Å²) in [5.41, 5.74) is 14.6. The molecule has 0 N–H and O–H groups in total. The molecule has 0 bridgehead atoms. The van der Waals surface area contributed by atoms with Crippen molar-refractivity contribution in [3.63, 3.8) is 0 Å². The summed E-state index contributed by atoms with van der Waals surface area (Å²) in [5.74, 6) is 0. The van der Waals surface area contributed by atoms with Gasteiger partial charge < -0.3 is 24.8 Å². The van der Waals surface area contributed by atoms with Gasteiger partial charge in [-0.3, -0.25) is 0 Å². The molecule has 0 atom stereocenters. The Morgan fingerprint density at radius 2 is 0.914 bits per heavy atom. The average molecular weight is 883 g/mol. The standard InChI is InChI=1S/C29H41.C21H14.C5H5.2ClH.Zr/c1-26(2,3)22-14-18-13-19-15-23(27(4,5)6)25(29(10,11)12)17-21(19)20(18)16-24(22)28(7,8)9;1-3-7-20-14-16(9-11-18(20)5-1)13-17-10-12-19-6-2-4-8-21(19)15-17;1-2-4-5-3-1;;;/h14,16-17H,13H2,1-12H3;1-12,14-15H;1-5H;2*1H;/q-1;;-1;;;+2/p-2. The van der Waals surface area contributed by atoms with Crippen LogP contribution in [0.25, 0.3) is 32.7 Å². The Hall–Kier alpha value is -3.48. The third kappa shape index (κ3) is 10.8. The van der Waals surface area contributed by atoms with E-state index in [-0.39, 0.29) is 46.5 Å². The van der Waals surface area contributed by atoms with Crippen LogP contribution >= 0.6 is 0 Å². The minimum Gasteiger partial charge on any atom is -0.214 e. The molecule has 300 valence electrons. The van der Waals surface area contributed by atoms with Crippen LogP contribution in [0.4, 0.5) is 0 Å². The van der Waals surface area contributed by atoms with Crippen LogP contribution in [0, 0.1) is 6.07 Å². The van der Waals surface area contributed by atoms with Crippen LogP contribution < -0.4 is 24.8 Å². The molecule has 1 aliphatic rings. The van der Waals surface area contributed by atoms with Crippen molar-refractivity contribution in [3.05, 3.63) is 184 Å². The molecule has 0 radical (unpaired) electrons. The fourth-order valence-electron chi connectivity index (χ4n) is 7.80. The predicted octanol–water partition coefficient (Wildman–Crippen LogP) is 8.77. The van der Waals surface area contributed by atoms with Crippen molar-refractivity contribution in [1.29, 1.82) is 0 Å². The monoisotopic (exact) mass is 880 g/mol. The van der Waals surface area contributed by atoms with Crippen molar-refractivity contribution in [2.24, 2.45) is 0 Å². The third-order valence-electron chi connectivity index (χ3n) is 10.9. The molecular weight excluding hydrogens is 823 g/mol. The van der Waals surface area contributed by atoms with E-state index < -0.39 is 0 Å². The minimum atomic E-state index is 0. The van der Waals surface area contributed by atoms with Crippen molar-refractivity contribution >= 4 is 24.8 Å². The van der Waals surface area contributed by atoms with Crippen LogP contribution in [0.15, 0.2) is 133 Å². The maximum Gasteiger partial charge on any atom is -0.172 e. The summed E-state index contributed by atoms with van der Waals surface area (Å²) in [7, 11) is 0. The zero-order valence-electron chi connectivity index (χ0n) is 36.7. The van der Waals surface area contributed by atoms with Crippen LogP contribution in [-0.4, -0.2) is 3.21 Å². The molecule has 58 heavy (non-hydrogen) atoms. The van der Waals surface area contributed by atoms with E-state index >= 15 is 0 Å². The molecule has 3 heteroatoms. The fourth-order valence-corrected chi connectivity index (χ4v) is 8.57. The Bertz CT molecular complexity index is 2310. The number of hydrogen-bond donors (Lipinski definition) is 0. The molecule has 0 unspecified atom stereocenters. The van der Waals surface area contributed by atoms with E-state index in [9.17, 15) is 0 Å². The molecule has 0 aliphatic heterocycles. The van der Waals surface area contributed by atoms with Crippen LogP contribution in [0.3, 0.4) is 0 Å². The van der Waals surface area contributed by atoms with Gasteiger partial charge in [-0.15, -0.1) is 16.7 Å². The fraction of sp³-hybridized carbons (Fsp3) is 0.309. The van der Waals surface area contributed by atoms with E-state index in [1.54, 1.807) is 0 Å². The summed E-state index contributed by atoms with van der Waals surface area (Å²) in [6.07, 6.45) is 1.01. The smallest absolute Gasteiger partial charge is 0.172 e. The van der Waals surface area contributed by atoms with Gasteiger partial charge in [0.2, 0.25) is 0 Å². The first kappa shape index (κ1) is 47.2. The zero-order chi connectivity index (χ0) is 40.6. The van der Waals surface area contributed by atoms with Crippen LogP contribution in [0.5, 0.6) is 0 Å². The van der Waals surface area contributed by atoms with Crippen LogP contribution in [0.2, 0.25) is 0 Å². The predicted molar refractivity (Wildman–Crippen MR) is 241 cm³/mol. The first-order valence-electron chi connectivity index (χ1n) is 20.2. The Labute approximate surface area is 377 Å². The number of hydrogen-bond acceptors (Lipinski definition) is 0. The van der Waals surface area contributed by atoms with Gasteiger partial charge in [0, 0.05) is 0 Å². The second kappa shape index (κ2) is 18.4.